The van der Waals surface area contributed by atoms with E-state index in [1.807, 2.05) is 44.2 Å². The average molecular weight is 396 g/mol. The van der Waals surface area contributed by atoms with Gasteiger partial charge in [-0.25, -0.2) is 0 Å². The molecule has 2 aliphatic rings. The van der Waals surface area contributed by atoms with Crippen molar-refractivity contribution in [2.24, 2.45) is 0 Å². The lowest BCUT2D eigenvalue weighted by Crippen LogP contribution is -2.59. The van der Waals surface area contributed by atoms with Gasteiger partial charge in [0.05, 0.1) is 30.5 Å². The summed E-state index contributed by atoms with van der Waals surface area (Å²) in [6.45, 7) is 5.80. The van der Waals surface area contributed by atoms with Crippen LogP contribution >= 0.6 is 0 Å². The molecule has 0 saturated carbocycles. The van der Waals surface area contributed by atoms with Crippen LogP contribution in [0.25, 0.3) is 0 Å². The van der Waals surface area contributed by atoms with Crippen LogP contribution in [0.2, 0.25) is 0 Å². The molecule has 28 heavy (non-hydrogen) atoms. The predicted octanol–water partition coefficient (Wildman–Crippen LogP) is 1.99. The van der Waals surface area contributed by atoms with E-state index in [1.54, 1.807) is 14.0 Å². The molecule has 1 aromatic rings. The Morgan fingerprint density at radius 1 is 1.11 bits per heavy atom. The Bertz CT molecular complexity index is 596. The first-order valence-electron chi connectivity index (χ1n) is 9.85. The summed E-state index contributed by atoms with van der Waals surface area (Å²) < 4.78 is 28.8. The number of hydrogen-bond donors (Lipinski definition) is 2. The highest BCUT2D eigenvalue weighted by Crippen LogP contribution is 2.34. The van der Waals surface area contributed by atoms with Gasteiger partial charge in [0.25, 0.3) is 0 Å². The molecular formula is C21H32O7. The Labute approximate surface area is 166 Å². The largest absolute Gasteiger partial charge is 0.390 e. The SMILES string of the molecule is CO[C@H]1C[C@](C)(O)[C@@H](O[C@H]2C[C@@H](O)[C@H](OCc3ccccc3)[C@@H](C)O2)[C@H](C)O1. The summed E-state index contributed by atoms with van der Waals surface area (Å²) in [6, 6.07) is 9.81. The molecule has 0 aliphatic carbocycles. The topological polar surface area (TPSA) is 86.6 Å². The molecule has 2 heterocycles. The quantitative estimate of drug-likeness (QED) is 0.760. The number of hydrogen-bond acceptors (Lipinski definition) is 7. The van der Waals surface area contributed by atoms with Crippen molar-refractivity contribution in [3.05, 3.63) is 35.9 Å². The lowest BCUT2D eigenvalue weighted by atomic mass is 9.88. The van der Waals surface area contributed by atoms with Crippen LogP contribution in [0.1, 0.15) is 39.2 Å². The van der Waals surface area contributed by atoms with Gasteiger partial charge in [-0.1, -0.05) is 30.3 Å². The average Bonchev–Trinajstić information content (AvgIpc) is 2.64. The summed E-state index contributed by atoms with van der Waals surface area (Å²) in [4.78, 5) is 0. The third-order valence-corrected chi connectivity index (χ3v) is 5.47. The normalized spacial score (nSPS) is 41.7. The van der Waals surface area contributed by atoms with Gasteiger partial charge in [-0.15, -0.1) is 0 Å². The molecule has 7 heteroatoms. The third kappa shape index (κ3) is 5.10. The van der Waals surface area contributed by atoms with Crippen molar-refractivity contribution in [3.8, 4) is 0 Å². The molecule has 2 fully saturated rings. The maximum atomic E-state index is 10.8. The summed E-state index contributed by atoms with van der Waals surface area (Å²) in [5.41, 5.74) is -0.0893. The smallest absolute Gasteiger partial charge is 0.161 e. The summed E-state index contributed by atoms with van der Waals surface area (Å²) in [5, 5.41) is 21.4. The molecule has 158 valence electrons. The fourth-order valence-corrected chi connectivity index (χ4v) is 4.00. The minimum Gasteiger partial charge on any atom is -0.390 e. The zero-order valence-electron chi connectivity index (χ0n) is 17.0. The van der Waals surface area contributed by atoms with E-state index in [4.69, 9.17) is 23.7 Å². The molecule has 7 nitrogen and oxygen atoms in total. The number of methoxy groups -OCH3 is 1. The summed E-state index contributed by atoms with van der Waals surface area (Å²) in [7, 11) is 1.55. The summed E-state index contributed by atoms with van der Waals surface area (Å²) in [6.07, 6.45) is -3.06. The minimum atomic E-state index is -1.13. The molecule has 0 aromatic heterocycles. The first kappa shape index (κ1) is 21.6. The maximum Gasteiger partial charge on any atom is 0.161 e. The second-order valence-corrected chi connectivity index (χ2v) is 7.96. The van der Waals surface area contributed by atoms with E-state index in [0.717, 1.165) is 5.56 Å². The molecule has 2 N–H and O–H groups in total. The van der Waals surface area contributed by atoms with Crippen molar-refractivity contribution in [2.75, 3.05) is 7.11 Å². The lowest BCUT2D eigenvalue weighted by Gasteiger charge is -2.46. The number of aliphatic hydroxyl groups is 2. The third-order valence-electron chi connectivity index (χ3n) is 5.47. The van der Waals surface area contributed by atoms with Crippen molar-refractivity contribution in [1.29, 1.82) is 0 Å². The Morgan fingerprint density at radius 2 is 1.79 bits per heavy atom. The van der Waals surface area contributed by atoms with Gasteiger partial charge < -0.3 is 33.9 Å². The van der Waals surface area contributed by atoms with Gasteiger partial charge >= 0.3 is 0 Å². The van der Waals surface area contributed by atoms with Crippen LogP contribution in [-0.4, -0.2) is 66.0 Å². The van der Waals surface area contributed by atoms with Gasteiger partial charge in [-0.3, -0.25) is 0 Å². The molecule has 2 saturated heterocycles. The Morgan fingerprint density at radius 3 is 2.39 bits per heavy atom. The zero-order chi connectivity index (χ0) is 20.3. The monoisotopic (exact) mass is 396 g/mol. The molecule has 1 aromatic carbocycles. The Balaban J connectivity index is 1.56. The van der Waals surface area contributed by atoms with E-state index in [9.17, 15) is 10.2 Å². The van der Waals surface area contributed by atoms with E-state index < -0.39 is 36.5 Å². The molecule has 3 rings (SSSR count). The van der Waals surface area contributed by atoms with Crippen molar-refractivity contribution in [1.82, 2.24) is 0 Å². The molecule has 8 atom stereocenters. The number of ether oxygens (including phenoxy) is 5. The minimum absolute atomic E-state index is 0.261. The first-order valence-corrected chi connectivity index (χ1v) is 9.85. The predicted molar refractivity (Wildman–Crippen MR) is 101 cm³/mol. The molecule has 0 spiro atoms. The van der Waals surface area contributed by atoms with Gasteiger partial charge in [-0.05, 0) is 26.3 Å². The second kappa shape index (κ2) is 9.17. The fraction of sp³-hybridized carbons (Fsp3) is 0.714. The van der Waals surface area contributed by atoms with Gasteiger partial charge in [-0.2, -0.15) is 0 Å². The van der Waals surface area contributed by atoms with Crippen molar-refractivity contribution in [2.45, 2.75) is 88.9 Å². The fourth-order valence-electron chi connectivity index (χ4n) is 4.00. The standard InChI is InChI=1S/C21H32O7/c1-13-19(25-12-15-8-6-5-7-9-15)16(22)10-17(26-13)28-20-14(2)27-18(24-4)11-21(20,3)23/h5-9,13-14,16-20,22-23H,10-12H2,1-4H3/t13-,14+,16-,17+,18-,19-,20+,21+/m1/s1. The van der Waals surface area contributed by atoms with Crippen LogP contribution < -0.4 is 0 Å². The van der Waals surface area contributed by atoms with Crippen LogP contribution in [0, 0.1) is 0 Å². The van der Waals surface area contributed by atoms with Crippen LogP contribution in [0.3, 0.4) is 0 Å². The van der Waals surface area contributed by atoms with Crippen LogP contribution in [0.15, 0.2) is 30.3 Å². The van der Waals surface area contributed by atoms with Crippen molar-refractivity contribution in [3.63, 3.8) is 0 Å². The van der Waals surface area contributed by atoms with Crippen molar-refractivity contribution >= 4 is 0 Å². The molecular weight excluding hydrogens is 364 g/mol. The number of rotatable bonds is 6. The molecule has 0 radical (unpaired) electrons. The van der Waals surface area contributed by atoms with Gasteiger partial charge in [0.1, 0.15) is 12.2 Å². The highest BCUT2D eigenvalue weighted by molar-refractivity contribution is 5.13. The van der Waals surface area contributed by atoms with Gasteiger partial charge in [0.2, 0.25) is 0 Å². The summed E-state index contributed by atoms with van der Waals surface area (Å²) >= 11 is 0. The van der Waals surface area contributed by atoms with E-state index in [2.05, 4.69) is 0 Å². The second-order valence-electron chi connectivity index (χ2n) is 7.96. The van der Waals surface area contributed by atoms with Crippen LogP contribution in [0.5, 0.6) is 0 Å². The summed E-state index contributed by atoms with van der Waals surface area (Å²) in [5.74, 6) is 0. The van der Waals surface area contributed by atoms with E-state index in [0.29, 0.717) is 13.0 Å². The Kier molecular flexibility index (Phi) is 7.09. The first-order chi connectivity index (χ1) is 13.3. The van der Waals surface area contributed by atoms with Gasteiger partial charge in [0, 0.05) is 20.0 Å². The molecule has 2 aliphatic heterocycles. The number of benzene rings is 1. The van der Waals surface area contributed by atoms with Gasteiger partial charge in [0.15, 0.2) is 12.6 Å². The Hall–Kier alpha value is -1.06. The molecule has 0 bridgehead atoms. The van der Waals surface area contributed by atoms with Crippen LogP contribution in [-0.2, 0) is 30.3 Å². The molecule has 0 amide bonds. The lowest BCUT2D eigenvalue weighted by molar-refractivity contribution is -0.329. The van der Waals surface area contributed by atoms with E-state index in [1.165, 1.54) is 0 Å². The van der Waals surface area contributed by atoms with E-state index >= 15 is 0 Å². The highest BCUT2D eigenvalue weighted by atomic mass is 16.7. The zero-order valence-corrected chi connectivity index (χ0v) is 17.0. The van der Waals surface area contributed by atoms with Crippen LogP contribution in [0.4, 0.5) is 0 Å². The van der Waals surface area contributed by atoms with E-state index in [-0.39, 0.29) is 18.6 Å². The number of aliphatic hydroxyl groups excluding tert-OH is 1. The molecule has 0 unspecified atom stereocenters. The van der Waals surface area contributed by atoms with Crippen molar-refractivity contribution < 1.29 is 33.9 Å². The highest BCUT2D eigenvalue weighted by Gasteiger charge is 2.48. The maximum absolute atomic E-state index is 10.8.